The number of thiol groups is 4. The van der Waals surface area contributed by atoms with E-state index in [2.05, 4.69) is 124 Å². The zero-order chi connectivity index (χ0) is 71.5. The molecular formula is C57H92N18O16S4. The molecule has 1 aromatic carbocycles. The van der Waals surface area contributed by atoms with E-state index in [0.29, 0.717) is 17.7 Å². The molecule has 0 aliphatic heterocycles. The predicted octanol–water partition coefficient (Wildman–Crippen LogP) is -6.44. The average Bonchev–Trinajstić information content (AvgIpc) is 1.46. The molecule has 0 radical (unpaired) electrons. The van der Waals surface area contributed by atoms with Crippen molar-refractivity contribution in [3.8, 4) is 5.75 Å². The van der Waals surface area contributed by atoms with Crippen LogP contribution in [0.15, 0.2) is 36.8 Å². The van der Waals surface area contributed by atoms with Gasteiger partial charge in [0.05, 0.1) is 31.9 Å². The third-order valence-electron chi connectivity index (χ3n) is 14.0. The third kappa shape index (κ3) is 31.0. The summed E-state index contributed by atoms with van der Waals surface area (Å²) in [5.74, 6) is -14.9. The number of nitrogens with zero attached hydrogens (tertiary/aromatic N) is 1. The summed E-state index contributed by atoms with van der Waals surface area (Å²) in [6.45, 7) is 5.59. The molecule has 1 heterocycles. The third-order valence-corrected chi connectivity index (χ3v) is 15.5. The fourth-order valence-electron chi connectivity index (χ4n) is 8.80. The van der Waals surface area contributed by atoms with E-state index in [1.54, 1.807) is 27.7 Å². The summed E-state index contributed by atoms with van der Waals surface area (Å²) in [5, 5.41) is 49.4. The van der Waals surface area contributed by atoms with Gasteiger partial charge in [-0.2, -0.15) is 50.5 Å². The monoisotopic (exact) mass is 1410 g/mol. The van der Waals surface area contributed by atoms with Gasteiger partial charge in [-0.25, -0.2) is 9.78 Å². The largest absolute Gasteiger partial charge is 0.508 e. The summed E-state index contributed by atoms with van der Waals surface area (Å²) in [6.07, 6.45) is 2.66. The molecule has 530 valence electrons. The van der Waals surface area contributed by atoms with Crippen molar-refractivity contribution < 1.29 is 77.3 Å². The summed E-state index contributed by atoms with van der Waals surface area (Å²) in [4.78, 5) is 193. The highest BCUT2D eigenvalue weighted by atomic mass is 32.1. The number of H-pyrrole nitrogens is 1. The maximum absolute atomic E-state index is 14.4. The molecule has 2 rings (SSSR count). The lowest BCUT2D eigenvalue weighted by molar-refractivity contribution is -0.141. The van der Waals surface area contributed by atoms with Crippen LogP contribution in [0, 0.1) is 11.8 Å². The zero-order valence-electron chi connectivity index (χ0n) is 53.1. The van der Waals surface area contributed by atoms with Crippen molar-refractivity contribution in [1.29, 1.82) is 0 Å². The van der Waals surface area contributed by atoms with Gasteiger partial charge in [0.15, 0.2) is 0 Å². The Morgan fingerprint density at radius 2 is 0.926 bits per heavy atom. The minimum atomic E-state index is -1.47. The maximum atomic E-state index is 14.4. The van der Waals surface area contributed by atoms with Crippen LogP contribution < -0.4 is 86.7 Å². The zero-order valence-corrected chi connectivity index (χ0v) is 56.7. The number of amides is 13. The minimum Gasteiger partial charge on any atom is -0.508 e. The van der Waals surface area contributed by atoms with E-state index in [1.807, 2.05) is 0 Å². The van der Waals surface area contributed by atoms with E-state index >= 15 is 0 Å². The average molecular weight is 1410 g/mol. The number of aromatic amines is 1. The van der Waals surface area contributed by atoms with Crippen LogP contribution in [0.1, 0.15) is 83.9 Å². The number of carboxylic acid groups (broad SMARTS) is 1. The first-order valence-corrected chi connectivity index (χ1v) is 32.9. The molecule has 0 aliphatic rings. The molecule has 13 amide bonds. The van der Waals surface area contributed by atoms with Gasteiger partial charge < -0.3 is 102 Å². The van der Waals surface area contributed by atoms with E-state index in [0.717, 1.165) is 0 Å². The Morgan fingerprint density at radius 1 is 0.505 bits per heavy atom. The Bertz CT molecular complexity index is 2900. The van der Waals surface area contributed by atoms with Crippen LogP contribution in [0.5, 0.6) is 5.75 Å². The van der Waals surface area contributed by atoms with E-state index in [9.17, 15) is 77.3 Å². The number of primary amides is 1. The van der Waals surface area contributed by atoms with Crippen molar-refractivity contribution in [1.82, 2.24) is 73.8 Å². The molecule has 0 fully saturated rings. The number of aromatic nitrogens is 2. The van der Waals surface area contributed by atoms with Crippen molar-refractivity contribution >= 4 is 133 Å². The number of benzene rings is 1. The molecule has 0 saturated carbocycles. The topological polar surface area (TPSA) is 557 Å². The van der Waals surface area contributed by atoms with Gasteiger partial charge in [0.2, 0.25) is 76.8 Å². The summed E-state index contributed by atoms with van der Waals surface area (Å²) in [5.41, 5.74) is 22.9. The molecule has 95 heavy (non-hydrogen) atoms. The van der Waals surface area contributed by atoms with E-state index in [1.165, 1.54) is 36.8 Å². The number of carboxylic acids is 1. The summed E-state index contributed by atoms with van der Waals surface area (Å²) >= 11 is 16.6. The molecule has 1 aromatic heterocycles. The Labute approximate surface area is 571 Å². The summed E-state index contributed by atoms with van der Waals surface area (Å²) in [7, 11) is 0. The quantitative estimate of drug-likeness (QED) is 0.0217. The first kappa shape index (κ1) is 83.2. The second-order valence-electron chi connectivity index (χ2n) is 22.7. The highest BCUT2D eigenvalue weighted by Gasteiger charge is 2.36. The summed E-state index contributed by atoms with van der Waals surface area (Å²) < 4.78 is 0. The van der Waals surface area contributed by atoms with Gasteiger partial charge in [-0.05, 0) is 81.1 Å². The lowest BCUT2D eigenvalue weighted by atomic mass is 10.0. The lowest BCUT2D eigenvalue weighted by Gasteiger charge is -2.28. The van der Waals surface area contributed by atoms with E-state index < -0.39 is 175 Å². The number of hydrogen-bond donors (Lipinski definition) is 23. The minimum absolute atomic E-state index is 0.00522. The van der Waals surface area contributed by atoms with Crippen LogP contribution >= 0.6 is 50.5 Å². The SMILES string of the molecule is CC(C)C[C@H](NC(=O)[C@H](CCCCN)NC(=O)[C@H](Cc1ccc(O)cc1)NC(=O)CNC(=O)[C@H](CS)NC(=O)[C@H](CS)NC(=O)[C@@H](NC(=O)CNC(=O)[C@@H](N)CC(N)=O)C(C)C)C(=O)N[C@@H](CS)C(=O)N[C@@H](Cc1cnc[nH]1)C(=O)N[C@@H](CCCN)C(=O)N[C@@H](CS)C(=O)O. The number of phenolic OH excluding ortho intramolecular Hbond substituents is 1. The molecule has 0 bridgehead atoms. The standard InChI is InChI=1S/C57H92N18O16S4/c1-28(2)16-36(51(84)72-40(24-93)54(87)70-38(18-31-20-62-27-65-31)53(86)68-35(9-7-15-59)50(83)74-42(26-95)57(90)91)69-49(82)34(8-5-6-14-58)67-52(85)37(17-30-10-12-32(76)13-11-30)66-44(78)21-64-48(81)39(23-92)71-55(88)41(25-94)73-56(89)46(29(3)4)75-45(79)22-63-47(80)33(60)19-43(61)77/h10-13,20,27-29,33-42,46,76,92-95H,5-9,14-19,21-26,58-60H2,1-4H3,(H2,61,77)(H,62,65)(H,63,80)(H,64,81)(H,66,78)(H,67,85)(H,68,86)(H,69,82)(H,70,87)(H,71,88)(H,72,84)(H,73,89)(H,74,83)(H,75,79)(H,90,91)/t33-,34-,35-,36-,37-,38-,39-,40-,41-,42-,46-/m0/s1. The first-order chi connectivity index (χ1) is 44.9. The first-order valence-electron chi connectivity index (χ1n) is 30.3. The molecule has 0 spiro atoms. The van der Waals surface area contributed by atoms with Crippen LogP contribution in [0.3, 0.4) is 0 Å². The second kappa shape index (κ2) is 44.0. The Balaban J connectivity index is 2.32. The van der Waals surface area contributed by atoms with Crippen LogP contribution in [0.2, 0.25) is 0 Å². The van der Waals surface area contributed by atoms with E-state index in [4.69, 9.17) is 22.9 Å². The maximum Gasteiger partial charge on any atom is 0.327 e. The molecule has 34 nitrogen and oxygen atoms in total. The van der Waals surface area contributed by atoms with Crippen LogP contribution in [-0.2, 0) is 80.0 Å². The molecule has 23 N–H and O–H groups in total. The van der Waals surface area contributed by atoms with Crippen molar-refractivity contribution in [2.45, 2.75) is 152 Å². The van der Waals surface area contributed by atoms with Crippen LogP contribution in [0.4, 0.5) is 0 Å². The Morgan fingerprint density at radius 3 is 1.40 bits per heavy atom. The number of imidazole rings is 1. The number of carbonyl (C=O) groups is 14. The number of aliphatic carboxylic acids is 1. The molecule has 0 saturated heterocycles. The highest BCUT2D eigenvalue weighted by molar-refractivity contribution is 7.80. The molecule has 0 unspecified atom stereocenters. The van der Waals surface area contributed by atoms with Gasteiger partial charge in [0, 0.05) is 47.7 Å². The highest BCUT2D eigenvalue weighted by Crippen LogP contribution is 2.14. The Hall–Kier alpha value is -7.91. The number of nitrogens with two attached hydrogens (primary N) is 4. The van der Waals surface area contributed by atoms with Gasteiger partial charge in [0.1, 0.15) is 66.2 Å². The lowest BCUT2D eigenvalue weighted by Crippen LogP contribution is -2.61. The van der Waals surface area contributed by atoms with Gasteiger partial charge in [-0.15, -0.1) is 0 Å². The smallest absolute Gasteiger partial charge is 0.327 e. The van der Waals surface area contributed by atoms with Gasteiger partial charge in [0.25, 0.3) is 0 Å². The van der Waals surface area contributed by atoms with Gasteiger partial charge in [-0.3, -0.25) is 62.3 Å². The number of aromatic hydroxyl groups is 1. The number of unbranched alkanes of at least 4 members (excludes halogenated alkanes) is 1. The number of carbonyl (C=O) groups excluding carboxylic acids is 13. The molecule has 2 aromatic rings. The summed E-state index contributed by atoms with van der Waals surface area (Å²) in [6, 6.07) is -9.56. The fourth-order valence-corrected chi connectivity index (χ4v) is 9.82. The van der Waals surface area contributed by atoms with Gasteiger partial charge in [-0.1, -0.05) is 39.8 Å². The molecule has 11 atom stereocenters. The molecular weight excluding hydrogens is 1320 g/mol. The number of rotatable bonds is 45. The van der Waals surface area contributed by atoms with Crippen molar-refractivity contribution in [3.05, 3.63) is 48.0 Å². The second-order valence-corrected chi connectivity index (χ2v) is 24.1. The van der Waals surface area contributed by atoms with Crippen molar-refractivity contribution in [2.75, 3.05) is 49.2 Å². The number of phenols is 1. The fraction of sp³-hybridized carbons (Fsp3) is 0.596. The number of nitrogens with one attached hydrogen (secondary N) is 13. The predicted molar refractivity (Wildman–Crippen MR) is 360 cm³/mol. The molecule has 38 heteroatoms. The number of hydrogen-bond acceptors (Lipinski definition) is 23. The molecule has 0 aliphatic carbocycles. The van der Waals surface area contributed by atoms with Crippen LogP contribution in [0.25, 0.3) is 0 Å². The van der Waals surface area contributed by atoms with Crippen molar-refractivity contribution in [3.63, 3.8) is 0 Å². The van der Waals surface area contributed by atoms with Crippen molar-refractivity contribution in [2.24, 2.45) is 34.8 Å². The van der Waals surface area contributed by atoms with Gasteiger partial charge >= 0.3 is 5.97 Å². The van der Waals surface area contributed by atoms with E-state index in [-0.39, 0.29) is 92.7 Å². The van der Waals surface area contributed by atoms with Crippen LogP contribution in [-0.4, -0.2) is 219 Å². The Kier molecular flexibility index (Phi) is 38.5. The normalized spacial score (nSPS) is 14.6.